The molecule has 3 fully saturated rings. The molecule has 1 saturated carbocycles. The summed E-state index contributed by atoms with van der Waals surface area (Å²) in [4.78, 5) is 13.8. The second-order valence-electron chi connectivity index (χ2n) is 20.8. The number of ether oxygens (including phenoxy) is 10. The Morgan fingerprint density at radius 1 is 0.481 bits per heavy atom. The largest absolute Gasteiger partial charge is 0.493 e. The van der Waals surface area contributed by atoms with Crippen molar-refractivity contribution >= 4 is 17.9 Å². The first-order chi connectivity index (χ1) is 37.2. The number of ketones is 1. The van der Waals surface area contributed by atoms with Crippen molar-refractivity contribution in [2.45, 2.75) is 82.2 Å². The zero-order valence-corrected chi connectivity index (χ0v) is 44.8. The summed E-state index contributed by atoms with van der Waals surface area (Å²) in [7, 11) is 3.11. The van der Waals surface area contributed by atoms with Gasteiger partial charge in [0.2, 0.25) is 0 Å². The number of carbonyl (C=O) groups excluding carboxylic acids is 1. The Morgan fingerprint density at radius 2 is 0.805 bits per heavy atom. The maximum Gasteiger partial charge on any atom is 0.185 e. The van der Waals surface area contributed by atoms with Crippen LogP contribution < -0.4 is 37.9 Å². The van der Waals surface area contributed by atoms with Crippen LogP contribution >= 0.6 is 0 Å². The van der Waals surface area contributed by atoms with E-state index in [-0.39, 0.29) is 55.2 Å². The fourth-order valence-corrected chi connectivity index (χ4v) is 9.13. The molecule has 6 aromatic rings. The molecule has 1 aliphatic carbocycles. The van der Waals surface area contributed by atoms with E-state index in [1.807, 2.05) is 109 Å². The molecule has 0 aromatic heterocycles. The van der Waals surface area contributed by atoms with Gasteiger partial charge >= 0.3 is 0 Å². The van der Waals surface area contributed by atoms with Crippen molar-refractivity contribution in [3.05, 3.63) is 178 Å². The van der Waals surface area contributed by atoms with Gasteiger partial charge in [0.05, 0.1) is 27.4 Å². The first-order valence-corrected chi connectivity index (χ1v) is 26.3. The van der Waals surface area contributed by atoms with E-state index >= 15 is 0 Å². The summed E-state index contributed by atoms with van der Waals surface area (Å²) >= 11 is 0. The molecule has 0 radical (unpaired) electrons. The molecule has 4 atom stereocenters. The van der Waals surface area contributed by atoms with Gasteiger partial charge in [0.15, 0.2) is 28.8 Å². The lowest BCUT2D eigenvalue weighted by molar-refractivity contribution is -0.112. The number of methoxy groups -OCH3 is 2. The SMILES string of the molecule is COc1cc(C=C2CCCC(=Cc3ccc(OCC(O)COc4ccc(C(C)(C)c5ccc(OCC6CO6)cc5)cc4)c(OC)c3)C2=O)ccc1OCC(O)COc1ccc(C(C)(C)c2ccc(OCC3CO3)cc2)cc1. The molecule has 3 aliphatic rings. The van der Waals surface area contributed by atoms with Crippen LogP contribution in [0, 0.1) is 0 Å². The van der Waals surface area contributed by atoms with Crippen molar-refractivity contribution in [1.29, 1.82) is 0 Å². The number of hydrogen-bond donors (Lipinski definition) is 2. The zero-order chi connectivity index (χ0) is 53.9. The molecule has 6 aromatic carbocycles. The highest BCUT2D eigenvalue weighted by molar-refractivity contribution is 6.14. The summed E-state index contributed by atoms with van der Waals surface area (Å²) in [5.41, 5.74) is 7.04. The quantitative estimate of drug-likeness (QED) is 0.0391. The van der Waals surface area contributed by atoms with E-state index in [0.29, 0.717) is 71.7 Å². The molecule has 2 saturated heterocycles. The summed E-state index contributed by atoms with van der Waals surface area (Å²) in [5.74, 6) is 4.79. The third-order valence-corrected chi connectivity index (χ3v) is 14.3. The van der Waals surface area contributed by atoms with Gasteiger partial charge in [0, 0.05) is 22.0 Å². The molecule has 9 rings (SSSR count). The number of aliphatic hydroxyl groups is 2. The second kappa shape index (κ2) is 24.8. The maximum absolute atomic E-state index is 13.8. The fourth-order valence-electron chi connectivity index (χ4n) is 9.13. The van der Waals surface area contributed by atoms with Crippen LogP contribution in [0.5, 0.6) is 46.0 Å². The third-order valence-electron chi connectivity index (χ3n) is 14.3. The summed E-state index contributed by atoms with van der Waals surface area (Å²) < 4.78 is 57.3. The Hall–Kier alpha value is -7.29. The molecule has 2 heterocycles. The van der Waals surface area contributed by atoms with Crippen molar-refractivity contribution in [1.82, 2.24) is 0 Å². The molecule has 2 N–H and O–H groups in total. The molecule has 2 aliphatic heterocycles. The van der Waals surface area contributed by atoms with E-state index < -0.39 is 12.2 Å². The van der Waals surface area contributed by atoms with E-state index in [0.717, 1.165) is 64.5 Å². The van der Waals surface area contributed by atoms with Gasteiger partial charge < -0.3 is 57.6 Å². The predicted molar refractivity (Wildman–Crippen MR) is 295 cm³/mol. The van der Waals surface area contributed by atoms with Crippen LogP contribution in [0.4, 0.5) is 0 Å². The minimum absolute atomic E-state index is 0.0159. The Morgan fingerprint density at radius 3 is 1.13 bits per heavy atom. The molecule has 404 valence electrons. The van der Waals surface area contributed by atoms with Gasteiger partial charge in [-0.15, -0.1) is 0 Å². The normalized spacial score (nSPS) is 18.1. The van der Waals surface area contributed by atoms with E-state index in [2.05, 4.69) is 52.0 Å². The van der Waals surface area contributed by atoms with Gasteiger partial charge in [-0.3, -0.25) is 4.79 Å². The Kier molecular flexibility index (Phi) is 17.6. The number of benzene rings is 6. The van der Waals surface area contributed by atoms with E-state index in [1.54, 1.807) is 26.4 Å². The number of aliphatic hydroxyl groups excluding tert-OH is 2. The van der Waals surface area contributed by atoms with Crippen LogP contribution in [0.25, 0.3) is 12.2 Å². The third kappa shape index (κ3) is 14.6. The van der Waals surface area contributed by atoms with Crippen molar-refractivity contribution in [3.63, 3.8) is 0 Å². The smallest absolute Gasteiger partial charge is 0.185 e. The number of allylic oxidation sites excluding steroid dienone is 2. The molecule has 0 amide bonds. The van der Waals surface area contributed by atoms with E-state index in [1.165, 1.54) is 0 Å². The van der Waals surface area contributed by atoms with Gasteiger partial charge in [-0.1, -0.05) is 88.4 Å². The lowest BCUT2D eigenvalue weighted by Gasteiger charge is -2.26. The Bertz CT molecular complexity index is 2770. The molecule has 0 bridgehead atoms. The van der Waals surface area contributed by atoms with Crippen LogP contribution in [0.15, 0.2) is 145 Å². The number of epoxide rings is 2. The molecule has 13 nitrogen and oxygen atoms in total. The summed E-state index contributed by atoms with van der Waals surface area (Å²) in [6.07, 6.45) is 4.48. The highest BCUT2D eigenvalue weighted by Gasteiger charge is 2.28. The Balaban J connectivity index is 0.723. The van der Waals surface area contributed by atoms with Gasteiger partial charge in [-0.2, -0.15) is 0 Å². The monoisotopic (exact) mass is 1050 g/mol. The van der Waals surface area contributed by atoms with Gasteiger partial charge in [-0.05, 0) is 138 Å². The second-order valence-corrected chi connectivity index (χ2v) is 20.8. The highest BCUT2D eigenvalue weighted by Crippen LogP contribution is 2.37. The molecule has 4 unspecified atom stereocenters. The van der Waals surface area contributed by atoms with Crippen molar-refractivity contribution < 1.29 is 62.4 Å². The molecule has 13 heteroatoms. The minimum Gasteiger partial charge on any atom is -0.493 e. The van der Waals surface area contributed by atoms with Crippen LogP contribution in [0.2, 0.25) is 0 Å². The minimum atomic E-state index is -0.906. The number of hydrogen-bond acceptors (Lipinski definition) is 13. The highest BCUT2D eigenvalue weighted by atomic mass is 16.6. The molecular weight excluding hydrogens is 977 g/mol. The molecular formula is C64H70O13. The van der Waals surface area contributed by atoms with Crippen LogP contribution in [0.1, 0.15) is 80.3 Å². The fraction of sp³-hybridized carbons (Fsp3) is 0.359. The van der Waals surface area contributed by atoms with Crippen molar-refractivity contribution in [2.75, 3.05) is 67.1 Å². The number of rotatable bonds is 26. The van der Waals surface area contributed by atoms with Crippen molar-refractivity contribution in [3.8, 4) is 46.0 Å². The van der Waals surface area contributed by atoms with E-state index in [4.69, 9.17) is 47.4 Å². The summed E-state index contributed by atoms with van der Waals surface area (Å²) in [6, 6.07) is 43.1. The van der Waals surface area contributed by atoms with Gasteiger partial charge in [-0.25, -0.2) is 0 Å². The standard InChI is InChI=1S/C64H70O13/c1-63(2,48-16-24-54(25-17-48)72-38-56-40-74-56)46-12-20-52(21-13-46)70-34-50(65)36-76-58-28-10-42(32-60(58)68-5)30-44-8-7-9-45(62(44)67)31-43-11-29-59(61(33-43)69-6)77-37-51(66)35-71-53-22-14-47(15-23-53)64(3,4)49-18-26-55(27-19-49)73-39-57-41-75-57/h10-33,50-51,56-57,65-66H,7-9,34-41H2,1-6H3. The summed E-state index contributed by atoms with van der Waals surface area (Å²) in [6.45, 7) is 11.4. The molecule has 0 spiro atoms. The Labute approximate surface area is 451 Å². The number of carbonyl (C=O) groups is 1. The van der Waals surface area contributed by atoms with Gasteiger partial charge in [0.1, 0.15) is 87.1 Å². The molecule has 77 heavy (non-hydrogen) atoms. The van der Waals surface area contributed by atoms with Crippen LogP contribution in [-0.2, 0) is 25.1 Å². The van der Waals surface area contributed by atoms with E-state index in [9.17, 15) is 15.0 Å². The lowest BCUT2D eigenvalue weighted by atomic mass is 9.78. The zero-order valence-electron chi connectivity index (χ0n) is 44.8. The van der Waals surface area contributed by atoms with Gasteiger partial charge in [0.25, 0.3) is 0 Å². The number of Topliss-reactive ketones (excluding diaryl/α,β-unsaturated/α-hetero) is 1. The topological polar surface area (TPSA) is 156 Å². The predicted octanol–water partition coefficient (Wildman–Crippen LogP) is 10.8. The van der Waals surface area contributed by atoms with Crippen LogP contribution in [0.3, 0.4) is 0 Å². The lowest BCUT2D eigenvalue weighted by Crippen LogP contribution is -2.25. The van der Waals surface area contributed by atoms with Crippen molar-refractivity contribution in [2.24, 2.45) is 0 Å². The summed E-state index contributed by atoms with van der Waals surface area (Å²) in [5, 5.41) is 21.6. The maximum atomic E-state index is 13.8. The average Bonchev–Trinajstić information content (AvgIpc) is 4.41. The van der Waals surface area contributed by atoms with Crippen LogP contribution in [-0.4, -0.2) is 107 Å². The first kappa shape index (κ1) is 54.5. The average molecular weight is 1050 g/mol. The first-order valence-electron chi connectivity index (χ1n) is 26.3.